The number of rotatable bonds is 7. The van der Waals surface area contributed by atoms with E-state index in [0.717, 1.165) is 6.07 Å². The molecule has 0 fully saturated rings. The van der Waals surface area contributed by atoms with Crippen molar-refractivity contribution >= 4 is 11.8 Å². The van der Waals surface area contributed by atoms with Crippen molar-refractivity contribution < 1.29 is 28.4 Å². The fourth-order valence-electron chi connectivity index (χ4n) is 3.23. The van der Waals surface area contributed by atoms with Crippen molar-refractivity contribution in [2.24, 2.45) is 0 Å². The quantitative estimate of drug-likeness (QED) is 0.574. The van der Waals surface area contributed by atoms with Crippen LogP contribution in [0.4, 0.5) is 8.78 Å². The Bertz CT molecular complexity index is 861. The molecule has 1 aromatic carbocycles. The molecule has 2 atom stereocenters. The molecule has 0 aliphatic rings. The summed E-state index contributed by atoms with van der Waals surface area (Å²) in [4.78, 5) is 27.9. The van der Waals surface area contributed by atoms with Gasteiger partial charge >= 0.3 is 5.97 Å². The number of nitrogens with two attached hydrogens (primary N) is 1. The van der Waals surface area contributed by atoms with Crippen LogP contribution in [0.5, 0.6) is 0 Å². The predicted molar refractivity (Wildman–Crippen MR) is 96.7 cm³/mol. The summed E-state index contributed by atoms with van der Waals surface area (Å²) in [5, 5.41) is 1.71. The van der Waals surface area contributed by atoms with Gasteiger partial charge in [-0.05, 0) is 52.3 Å². The van der Waals surface area contributed by atoms with E-state index in [-0.39, 0.29) is 18.4 Å². The lowest BCUT2D eigenvalue weighted by Gasteiger charge is -2.17. The van der Waals surface area contributed by atoms with Crippen LogP contribution in [0, 0.1) is 25.5 Å². The molecule has 0 radical (unpaired) electrons. The number of nitrogens with one attached hydrogen (secondary N) is 1. The number of Topliss-reactive ketones (excluding diaryl/α,β-unsaturated/α-hetero) is 1. The van der Waals surface area contributed by atoms with Gasteiger partial charge in [0, 0.05) is 17.3 Å². The number of H-pyrrole nitrogens is 1. The zero-order valence-electron chi connectivity index (χ0n) is 16.2. The maximum atomic E-state index is 14.0. The molecule has 7 heteroatoms. The molecule has 0 spiro atoms. The molecule has 0 saturated carbocycles. The second-order valence-corrected chi connectivity index (χ2v) is 6.65. The second-order valence-electron chi connectivity index (χ2n) is 6.65. The zero-order chi connectivity index (χ0) is 20.3. The maximum absolute atomic E-state index is 14.0. The van der Waals surface area contributed by atoms with E-state index in [2.05, 4.69) is 4.98 Å². The van der Waals surface area contributed by atoms with Gasteiger partial charge < -0.3 is 15.0 Å². The first-order chi connectivity index (χ1) is 12.7. The Labute approximate surface area is 157 Å². The van der Waals surface area contributed by atoms with Crippen LogP contribution in [0.3, 0.4) is 0 Å². The average Bonchev–Trinajstić information content (AvgIpc) is 2.88. The van der Waals surface area contributed by atoms with E-state index in [1.54, 1.807) is 39.9 Å². The summed E-state index contributed by atoms with van der Waals surface area (Å²) in [5.41, 5.74) is 2.13. The third-order valence-corrected chi connectivity index (χ3v) is 4.61. The summed E-state index contributed by atoms with van der Waals surface area (Å²) >= 11 is 0. The predicted octanol–water partition coefficient (Wildman–Crippen LogP) is 2.98. The lowest BCUT2D eigenvalue weighted by molar-refractivity contribution is -0.709. The van der Waals surface area contributed by atoms with Crippen molar-refractivity contribution in [2.45, 2.75) is 46.7 Å². The van der Waals surface area contributed by atoms with Crippen molar-refractivity contribution in [1.29, 1.82) is 0 Å². The molecule has 0 unspecified atom stereocenters. The van der Waals surface area contributed by atoms with Crippen LogP contribution >= 0.6 is 0 Å². The van der Waals surface area contributed by atoms with E-state index >= 15 is 0 Å². The number of aromatic nitrogens is 1. The number of hydrogen-bond acceptors (Lipinski definition) is 3. The molecule has 0 saturated heterocycles. The van der Waals surface area contributed by atoms with Crippen LogP contribution in [-0.2, 0) is 4.74 Å². The second kappa shape index (κ2) is 8.43. The van der Waals surface area contributed by atoms with Crippen LogP contribution in [-0.4, -0.2) is 29.4 Å². The molecule has 27 heavy (non-hydrogen) atoms. The van der Waals surface area contributed by atoms with Crippen molar-refractivity contribution in [3.63, 3.8) is 0 Å². The highest BCUT2D eigenvalue weighted by molar-refractivity contribution is 6.03. The number of benzene rings is 1. The standard InChI is InChI=1S/C20H24F2N2O3/c1-6-27-20(26)17-10(2)18(24-12(17)4)19(25)13(5)23-11(3)15-8-7-14(21)9-16(15)22/h7-9,11,13,23-24H,6H2,1-5H3/p+1/t11-,13+/m1/s1. The van der Waals surface area contributed by atoms with Crippen LogP contribution in [0.15, 0.2) is 18.2 Å². The first kappa shape index (κ1) is 20.8. The molecule has 2 aromatic rings. The van der Waals surface area contributed by atoms with Crippen molar-refractivity contribution in [2.75, 3.05) is 6.61 Å². The zero-order valence-corrected chi connectivity index (χ0v) is 16.2. The van der Waals surface area contributed by atoms with E-state index in [1.165, 1.54) is 12.1 Å². The number of carbonyl (C=O) groups is 2. The summed E-state index contributed by atoms with van der Waals surface area (Å²) < 4.78 is 32.1. The number of hydrogen-bond donors (Lipinski definition) is 2. The number of aromatic amines is 1. The molecule has 146 valence electrons. The third-order valence-electron chi connectivity index (χ3n) is 4.61. The van der Waals surface area contributed by atoms with E-state index < -0.39 is 23.6 Å². The summed E-state index contributed by atoms with van der Waals surface area (Å²) in [6.45, 7) is 8.82. The Hall–Kier alpha value is -2.54. The van der Waals surface area contributed by atoms with Crippen molar-refractivity contribution in [3.8, 4) is 0 Å². The van der Waals surface area contributed by atoms with Gasteiger partial charge in [0.1, 0.15) is 23.7 Å². The molecular weight excluding hydrogens is 354 g/mol. The Morgan fingerprint density at radius 3 is 2.48 bits per heavy atom. The highest BCUT2D eigenvalue weighted by Crippen LogP contribution is 2.20. The molecule has 0 bridgehead atoms. The first-order valence-corrected chi connectivity index (χ1v) is 8.87. The van der Waals surface area contributed by atoms with E-state index in [9.17, 15) is 18.4 Å². The molecule has 0 aliphatic heterocycles. The Morgan fingerprint density at radius 2 is 1.89 bits per heavy atom. The van der Waals surface area contributed by atoms with Gasteiger partial charge in [0.25, 0.3) is 0 Å². The van der Waals surface area contributed by atoms with Gasteiger partial charge in [0.2, 0.25) is 5.78 Å². The summed E-state index contributed by atoms with van der Waals surface area (Å²) in [7, 11) is 0. The number of ketones is 1. The van der Waals surface area contributed by atoms with Gasteiger partial charge in [0.05, 0.1) is 17.9 Å². The van der Waals surface area contributed by atoms with E-state index in [4.69, 9.17) is 4.74 Å². The van der Waals surface area contributed by atoms with E-state index in [0.29, 0.717) is 28.1 Å². The highest BCUT2D eigenvalue weighted by Gasteiger charge is 2.29. The number of halogens is 2. The molecule has 2 rings (SSSR count). The van der Waals surface area contributed by atoms with Gasteiger partial charge in [-0.25, -0.2) is 13.6 Å². The molecule has 3 N–H and O–H groups in total. The molecule has 0 amide bonds. The van der Waals surface area contributed by atoms with Gasteiger partial charge in [0.15, 0.2) is 0 Å². The normalized spacial score (nSPS) is 13.3. The SMILES string of the molecule is CCOC(=O)c1c(C)[nH]c(C(=O)[C@H](C)[NH2+][C@H](C)c2ccc(F)cc2F)c1C. The number of quaternary nitrogens is 1. The van der Waals surface area contributed by atoms with E-state index in [1.807, 2.05) is 0 Å². The minimum atomic E-state index is -0.644. The lowest BCUT2D eigenvalue weighted by atomic mass is 10.0. The van der Waals surface area contributed by atoms with Crippen molar-refractivity contribution in [3.05, 3.63) is 57.9 Å². The highest BCUT2D eigenvalue weighted by atomic mass is 19.1. The van der Waals surface area contributed by atoms with Gasteiger partial charge in [-0.15, -0.1) is 0 Å². The lowest BCUT2D eigenvalue weighted by Crippen LogP contribution is -2.91. The first-order valence-electron chi connectivity index (χ1n) is 8.87. The van der Waals surface area contributed by atoms with Crippen molar-refractivity contribution in [1.82, 2.24) is 4.98 Å². The molecule has 1 heterocycles. The average molecular weight is 379 g/mol. The smallest absolute Gasteiger partial charge is 0.340 e. The molecule has 5 nitrogen and oxygen atoms in total. The minimum absolute atomic E-state index is 0.208. The number of aryl methyl sites for hydroxylation is 1. The maximum Gasteiger partial charge on any atom is 0.340 e. The number of esters is 1. The van der Waals surface area contributed by atoms with Crippen LogP contribution in [0.2, 0.25) is 0 Å². The monoisotopic (exact) mass is 379 g/mol. The largest absolute Gasteiger partial charge is 0.462 e. The fraction of sp³-hybridized carbons (Fsp3) is 0.400. The van der Waals surface area contributed by atoms with Gasteiger partial charge in [-0.2, -0.15) is 0 Å². The molecular formula is C20H25F2N2O3+. The van der Waals surface area contributed by atoms with Gasteiger partial charge in [-0.3, -0.25) is 4.79 Å². The summed E-state index contributed by atoms with van der Waals surface area (Å²) in [5.74, 6) is -1.96. The molecule has 1 aromatic heterocycles. The fourth-order valence-corrected chi connectivity index (χ4v) is 3.23. The topological polar surface area (TPSA) is 75.8 Å². The number of carbonyl (C=O) groups excluding carboxylic acids is 2. The summed E-state index contributed by atoms with van der Waals surface area (Å²) in [6, 6.07) is 2.49. The Kier molecular flexibility index (Phi) is 6.49. The Morgan fingerprint density at radius 1 is 1.22 bits per heavy atom. The number of ether oxygens (including phenoxy) is 1. The minimum Gasteiger partial charge on any atom is -0.462 e. The van der Waals surface area contributed by atoms with Crippen LogP contribution in [0.25, 0.3) is 0 Å². The van der Waals surface area contributed by atoms with Gasteiger partial charge in [-0.1, -0.05) is 0 Å². The van der Waals surface area contributed by atoms with Crippen LogP contribution < -0.4 is 5.32 Å². The third kappa shape index (κ3) is 4.42. The van der Waals surface area contributed by atoms with Crippen LogP contribution in [0.1, 0.15) is 64.5 Å². The molecule has 0 aliphatic carbocycles. The summed E-state index contributed by atoms with van der Waals surface area (Å²) in [6.07, 6.45) is 0. The Balaban J connectivity index is 2.20.